The monoisotopic (exact) mass is 206 g/mol. The first kappa shape index (κ1) is 8.30. The minimum atomic E-state index is 0.592. The molecule has 3 rings (SSSR count). The van der Waals surface area contributed by atoms with E-state index in [0.717, 1.165) is 5.52 Å². The molecule has 1 aromatic carbocycles. The Morgan fingerprint density at radius 3 is 2.93 bits per heavy atom. The van der Waals surface area contributed by atoms with Crippen molar-refractivity contribution >= 4 is 22.6 Å². The van der Waals surface area contributed by atoms with Crippen LogP contribution >= 0.6 is 11.6 Å². The van der Waals surface area contributed by atoms with Crippen LogP contribution in [0.4, 0.5) is 0 Å². The van der Waals surface area contributed by atoms with Gasteiger partial charge in [-0.25, -0.2) is 4.98 Å². The average molecular weight is 207 g/mol. The second-order valence-electron chi connectivity index (χ2n) is 3.92. The third-order valence-electron chi connectivity index (χ3n) is 2.79. The fourth-order valence-corrected chi connectivity index (χ4v) is 2.22. The van der Waals surface area contributed by atoms with E-state index in [0.29, 0.717) is 11.3 Å². The predicted octanol–water partition coefficient (Wildman–Crippen LogP) is 3.33. The van der Waals surface area contributed by atoms with E-state index in [-0.39, 0.29) is 0 Å². The standard InChI is InChI=1S/C11H11ClN2/c1-7-3-2-4-9-10(7)13-11(12)14(9)8-5-6-8/h2-4,8H,5-6H2,1H3. The van der Waals surface area contributed by atoms with Gasteiger partial charge in [0.25, 0.3) is 0 Å². The van der Waals surface area contributed by atoms with Gasteiger partial charge in [0.1, 0.15) is 0 Å². The van der Waals surface area contributed by atoms with Crippen LogP contribution in [0.25, 0.3) is 11.0 Å². The van der Waals surface area contributed by atoms with Crippen LogP contribution in [0.1, 0.15) is 24.4 Å². The van der Waals surface area contributed by atoms with Crippen molar-refractivity contribution in [3.8, 4) is 0 Å². The molecule has 1 aromatic heterocycles. The highest BCUT2D eigenvalue weighted by molar-refractivity contribution is 6.29. The highest BCUT2D eigenvalue weighted by Crippen LogP contribution is 2.40. The van der Waals surface area contributed by atoms with Gasteiger partial charge < -0.3 is 4.57 Å². The van der Waals surface area contributed by atoms with Crippen LogP contribution in [0, 0.1) is 6.92 Å². The van der Waals surface area contributed by atoms with E-state index in [1.54, 1.807) is 0 Å². The van der Waals surface area contributed by atoms with E-state index >= 15 is 0 Å². The second kappa shape index (κ2) is 2.74. The van der Waals surface area contributed by atoms with Gasteiger partial charge in [-0.2, -0.15) is 0 Å². The molecule has 0 atom stereocenters. The molecule has 0 unspecified atom stereocenters. The van der Waals surface area contributed by atoms with E-state index in [2.05, 4.69) is 34.7 Å². The largest absolute Gasteiger partial charge is 0.312 e. The van der Waals surface area contributed by atoms with Crippen molar-refractivity contribution in [2.45, 2.75) is 25.8 Å². The molecule has 0 N–H and O–H groups in total. The molecule has 0 spiro atoms. The minimum Gasteiger partial charge on any atom is -0.312 e. The van der Waals surface area contributed by atoms with Crippen LogP contribution in [0.5, 0.6) is 0 Å². The summed E-state index contributed by atoms with van der Waals surface area (Å²) in [5, 5.41) is 0.636. The maximum absolute atomic E-state index is 6.13. The summed E-state index contributed by atoms with van der Waals surface area (Å²) >= 11 is 6.13. The molecular weight excluding hydrogens is 196 g/mol. The molecule has 0 saturated heterocycles. The summed E-state index contributed by atoms with van der Waals surface area (Å²) in [6, 6.07) is 6.83. The number of aryl methyl sites for hydroxylation is 1. The van der Waals surface area contributed by atoms with Gasteiger partial charge in [0.05, 0.1) is 11.0 Å². The van der Waals surface area contributed by atoms with Crippen molar-refractivity contribution in [1.29, 1.82) is 0 Å². The molecule has 1 fully saturated rings. The zero-order valence-corrected chi connectivity index (χ0v) is 8.75. The van der Waals surface area contributed by atoms with E-state index < -0.39 is 0 Å². The summed E-state index contributed by atoms with van der Waals surface area (Å²) in [5.41, 5.74) is 3.42. The molecular formula is C11H11ClN2. The molecule has 1 aliphatic carbocycles. The maximum atomic E-state index is 6.13. The zero-order valence-electron chi connectivity index (χ0n) is 8.00. The van der Waals surface area contributed by atoms with E-state index in [1.165, 1.54) is 23.9 Å². The molecule has 1 aliphatic rings. The summed E-state index contributed by atoms with van der Waals surface area (Å²) < 4.78 is 2.16. The Kier molecular flexibility index (Phi) is 1.62. The normalized spacial score (nSPS) is 16.4. The first-order valence-electron chi connectivity index (χ1n) is 4.90. The van der Waals surface area contributed by atoms with Crippen LogP contribution in [0.2, 0.25) is 5.28 Å². The SMILES string of the molecule is Cc1cccc2c1nc(Cl)n2C1CC1. The van der Waals surface area contributed by atoms with Gasteiger partial charge in [-0.1, -0.05) is 12.1 Å². The Bertz CT molecular complexity index is 497. The molecule has 1 saturated carbocycles. The first-order chi connectivity index (χ1) is 6.77. The molecule has 3 heteroatoms. The van der Waals surface area contributed by atoms with Crippen LogP contribution < -0.4 is 0 Å². The number of rotatable bonds is 1. The van der Waals surface area contributed by atoms with Crippen molar-refractivity contribution in [3.05, 3.63) is 29.0 Å². The molecule has 14 heavy (non-hydrogen) atoms. The van der Waals surface area contributed by atoms with E-state index in [1.807, 2.05) is 0 Å². The topological polar surface area (TPSA) is 17.8 Å². The van der Waals surface area contributed by atoms with Crippen molar-refractivity contribution < 1.29 is 0 Å². The van der Waals surface area contributed by atoms with Crippen LogP contribution in [0.3, 0.4) is 0 Å². The molecule has 0 amide bonds. The molecule has 2 aromatic rings. The number of hydrogen-bond acceptors (Lipinski definition) is 1. The zero-order chi connectivity index (χ0) is 9.71. The number of benzene rings is 1. The van der Waals surface area contributed by atoms with Gasteiger partial charge in [-0.15, -0.1) is 0 Å². The van der Waals surface area contributed by atoms with E-state index in [4.69, 9.17) is 11.6 Å². The lowest BCUT2D eigenvalue weighted by molar-refractivity contribution is 0.767. The Balaban J connectivity index is 2.37. The number of aromatic nitrogens is 2. The van der Waals surface area contributed by atoms with Crippen molar-refractivity contribution in [2.24, 2.45) is 0 Å². The summed E-state index contributed by atoms with van der Waals surface area (Å²) in [7, 11) is 0. The Hall–Kier alpha value is -1.02. The predicted molar refractivity (Wildman–Crippen MR) is 57.8 cm³/mol. The summed E-state index contributed by atoms with van der Waals surface area (Å²) in [6.45, 7) is 2.07. The maximum Gasteiger partial charge on any atom is 0.204 e. The van der Waals surface area contributed by atoms with Crippen LogP contribution in [-0.2, 0) is 0 Å². The Morgan fingerprint density at radius 1 is 1.43 bits per heavy atom. The van der Waals surface area contributed by atoms with Crippen molar-refractivity contribution in [1.82, 2.24) is 9.55 Å². The van der Waals surface area contributed by atoms with Gasteiger partial charge in [-0.3, -0.25) is 0 Å². The van der Waals surface area contributed by atoms with Crippen LogP contribution in [0.15, 0.2) is 18.2 Å². The highest BCUT2D eigenvalue weighted by atomic mass is 35.5. The lowest BCUT2D eigenvalue weighted by Crippen LogP contribution is -1.92. The number of halogens is 1. The molecule has 2 nitrogen and oxygen atoms in total. The van der Waals surface area contributed by atoms with E-state index in [9.17, 15) is 0 Å². The fraction of sp³-hybridized carbons (Fsp3) is 0.364. The molecule has 0 bridgehead atoms. The number of fused-ring (bicyclic) bond motifs is 1. The first-order valence-corrected chi connectivity index (χ1v) is 5.28. The Morgan fingerprint density at radius 2 is 2.21 bits per heavy atom. The molecule has 1 heterocycles. The van der Waals surface area contributed by atoms with Gasteiger partial charge in [-0.05, 0) is 43.0 Å². The Labute approximate surface area is 87.5 Å². The summed E-state index contributed by atoms with van der Waals surface area (Å²) in [6.07, 6.45) is 2.47. The fourth-order valence-electron chi connectivity index (χ4n) is 1.91. The number of nitrogens with zero attached hydrogens (tertiary/aromatic N) is 2. The van der Waals surface area contributed by atoms with Gasteiger partial charge in [0.15, 0.2) is 0 Å². The minimum absolute atomic E-state index is 0.592. The second-order valence-corrected chi connectivity index (χ2v) is 4.26. The third kappa shape index (κ3) is 1.07. The summed E-state index contributed by atoms with van der Waals surface area (Å²) in [4.78, 5) is 4.40. The van der Waals surface area contributed by atoms with Crippen molar-refractivity contribution in [3.63, 3.8) is 0 Å². The number of hydrogen-bond donors (Lipinski definition) is 0. The molecule has 0 radical (unpaired) electrons. The van der Waals surface area contributed by atoms with Gasteiger partial charge in [0.2, 0.25) is 5.28 Å². The number of para-hydroxylation sites is 1. The van der Waals surface area contributed by atoms with Gasteiger partial charge >= 0.3 is 0 Å². The third-order valence-corrected chi connectivity index (χ3v) is 3.06. The molecule has 0 aliphatic heterocycles. The molecule has 72 valence electrons. The lowest BCUT2D eigenvalue weighted by Gasteiger charge is -2.02. The summed E-state index contributed by atoms with van der Waals surface area (Å²) in [5.74, 6) is 0. The number of imidazole rings is 1. The smallest absolute Gasteiger partial charge is 0.204 e. The van der Waals surface area contributed by atoms with Gasteiger partial charge in [0, 0.05) is 6.04 Å². The average Bonchev–Trinajstić information content (AvgIpc) is 2.91. The van der Waals surface area contributed by atoms with Crippen LogP contribution in [-0.4, -0.2) is 9.55 Å². The lowest BCUT2D eigenvalue weighted by atomic mass is 10.2. The highest BCUT2D eigenvalue weighted by Gasteiger charge is 2.27. The quantitative estimate of drug-likeness (QED) is 0.700. The van der Waals surface area contributed by atoms with Crippen molar-refractivity contribution in [2.75, 3.05) is 0 Å².